The number of nitro benzene ring substituents is 1. The molecule has 2 aromatic rings. The third-order valence-electron chi connectivity index (χ3n) is 3.56. The molecule has 148 valence electrons. The molecular weight excluding hydrogens is 402 g/mol. The lowest BCUT2D eigenvalue weighted by Crippen LogP contribution is -2.20. The number of hydrogen-bond donors (Lipinski definition) is 1. The first-order chi connectivity index (χ1) is 13.4. The van der Waals surface area contributed by atoms with Gasteiger partial charge in [0.15, 0.2) is 5.75 Å². The van der Waals surface area contributed by atoms with Gasteiger partial charge in [0.2, 0.25) is 5.91 Å². The lowest BCUT2D eigenvalue weighted by molar-refractivity contribution is -0.385. The Morgan fingerprint density at radius 2 is 2.11 bits per heavy atom. The van der Waals surface area contributed by atoms with E-state index in [4.69, 9.17) is 16.3 Å². The minimum atomic E-state index is -0.521. The van der Waals surface area contributed by atoms with Gasteiger partial charge in [-0.15, -0.1) is 11.8 Å². The summed E-state index contributed by atoms with van der Waals surface area (Å²) in [7, 11) is 0. The maximum Gasteiger partial charge on any atom is 0.311 e. The summed E-state index contributed by atoms with van der Waals surface area (Å²) in [4.78, 5) is 23.8. The molecule has 1 amide bonds. The number of benzene rings is 2. The van der Waals surface area contributed by atoms with Crippen molar-refractivity contribution in [1.29, 1.82) is 0 Å². The predicted molar refractivity (Wildman–Crippen MR) is 112 cm³/mol. The van der Waals surface area contributed by atoms with E-state index >= 15 is 0 Å². The van der Waals surface area contributed by atoms with Gasteiger partial charge in [0.05, 0.1) is 24.2 Å². The van der Waals surface area contributed by atoms with Gasteiger partial charge in [0, 0.05) is 21.5 Å². The number of nitrogens with zero attached hydrogens (tertiary/aromatic N) is 2. The Morgan fingerprint density at radius 1 is 1.32 bits per heavy atom. The third kappa shape index (κ3) is 6.24. The Balaban J connectivity index is 2.05. The molecule has 1 N–H and O–H groups in total. The van der Waals surface area contributed by atoms with Crippen LogP contribution in [0.3, 0.4) is 0 Å². The highest BCUT2D eigenvalue weighted by atomic mass is 35.5. The average Bonchev–Trinajstić information content (AvgIpc) is 2.65. The molecule has 0 bridgehead atoms. The second-order valence-corrected chi connectivity index (χ2v) is 7.31. The monoisotopic (exact) mass is 421 g/mol. The Hall–Kier alpha value is -2.58. The van der Waals surface area contributed by atoms with E-state index in [2.05, 4.69) is 10.5 Å². The van der Waals surface area contributed by atoms with Gasteiger partial charge in [-0.3, -0.25) is 14.9 Å². The van der Waals surface area contributed by atoms with Crippen LogP contribution >= 0.6 is 23.4 Å². The van der Waals surface area contributed by atoms with Gasteiger partial charge in [0.25, 0.3) is 0 Å². The number of nitro groups is 1. The second-order valence-electron chi connectivity index (χ2n) is 5.57. The van der Waals surface area contributed by atoms with Crippen LogP contribution in [0.2, 0.25) is 5.02 Å². The number of rotatable bonds is 9. The molecule has 0 saturated heterocycles. The Labute approximate surface area is 172 Å². The summed E-state index contributed by atoms with van der Waals surface area (Å²) in [6.45, 7) is 4.11. The molecular formula is C19H20ClN3O4S. The highest BCUT2D eigenvalue weighted by Gasteiger charge is 2.15. The summed E-state index contributed by atoms with van der Waals surface area (Å²) < 4.78 is 5.23. The number of hydrazone groups is 1. The number of amides is 1. The van der Waals surface area contributed by atoms with Gasteiger partial charge in [-0.05, 0) is 48.6 Å². The third-order valence-corrected chi connectivity index (χ3v) is 4.79. The van der Waals surface area contributed by atoms with Crippen molar-refractivity contribution in [3.63, 3.8) is 0 Å². The van der Waals surface area contributed by atoms with E-state index in [1.54, 1.807) is 36.9 Å². The highest BCUT2D eigenvalue weighted by molar-refractivity contribution is 7.99. The van der Waals surface area contributed by atoms with Crippen LogP contribution < -0.4 is 10.2 Å². The highest BCUT2D eigenvalue weighted by Crippen LogP contribution is 2.28. The zero-order valence-corrected chi connectivity index (χ0v) is 17.0. The van der Waals surface area contributed by atoms with Crippen molar-refractivity contribution in [3.05, 3.63) is 62.7 Å². The van der Waals surface area contributed by atoms with Crippen molar-refractivity contribution in [2.75, 3.05) is 12.4 Å². The Morgan fingerprint density at radius 3 is 2.79 bits per heavy atom. The summed E-state index contributed by atoms with van der Waals surface area (Å²) in [6, 6.07) is 9.91. The lowest BCUT2D eigenvalue weighted by atomic mass is 10.1. The maximum absolute atomic E-state index is 12.2. The molecule has 2 aromatic carbocycles. The summed E-state index contributed by atoms with van der Waals surface area (Å²) in [5.74, 6) is 0.762. The van der Waals surface area contributed by atoms with Gasteiger partial charge >= 0.3 is 5.69 Å². The molecule has 2 rings (SSSR count). The molecule has 0 fully saturated rings. The van der Waals surface area contributed by atoms with Crippen molar-refractivity contribution in [3.8, 4) is 5.75 Å². The number of ether oxygens (including phenoxy) is 1. The summed E-state index contributed by atoms with van der Waals surface area (Å²) in [5, 5.41) is 15.6. The molecule has 0 aliphatic heterocycles. The van der Waals surface area contributed by atoms with E-state index in [1.165, 1.54) is 18.3 Å². The van der Waals surface area contributed by atoms with Crippen LogP contribution in [0.1, 0.15) is 25.0 Å². The maximum atomic E-state index is 12.2. The molecule has 0 heterocycles. The molecule has 0 unspecified atom stereocenters. The quantitative estimate of drug-likeness (QED) is 0.279. The minimum Gasteiger partial charge on any atom is -0.487 e. The molecule has 28 heavy (non-hydrogen) atoms. The van der Waals surface area contributed by atoms with Gasteiger partial charge in [-0.2, -0.15) is 5.10 Å². The molecule has 7 nitrogen and oxygen atoms in total. The normalized spacial score (nSPS) is 10.8. The van der Waals surface area contributed by atoms with Crippen LogP contribution in [-0.4, -0.2) is 29.4 Å². The Kier molecular flexibility index (Phi) is 8.28. The number of hydrogen-bond acceptors (Lipinski definition) is 6. The van der Waals surface area contributed by atoms with E-state index in [9.17, 15) is 14.9 Å². The molecule has 0 aromatic heterocycles. The predicted octanol–water partition coefficient (Wildman–Crippen LogP) is 4.45. The largest absolute Gasteiger partial charge is 0.487 e. The van der Waals surface area contributed by atoms with E-state index in [0.29, 0.717) is 17.2 Å². The number of carbonyl (C=O) groups excluding carboxylic acids is 1. The summed E-state index contributed by atoms with van der Waals surface area (Å²) in [5.41, 5.74) is 3.57. The zero-order chi connectivity index (χ0) is 20.5. The van der Waals surface area contributed by atoms with Crippen LogP contribution in [0.15, 0.2) is 46.4 Å². The van der Waals surface area contributed by atoms with Crippen LogP contribution in [0.4, 0.5) is 5.69 Å². The van der Waals surface area contributed by atoms with Gasteiger partial charge in [-0.1, -0.05) is 18.5 Å². The lowest BCUT2D eigenvalue weighted by Gasteiger charge is -2.08. The van der Waals surface area contributed by atoms with E-state index in [-0.39, 0.29) is 23.8 Å². The number of halogens is 1. The van der Waals surface area contributed by atoms with Crippen molar-refractivity contribution >= 4 is 41.2 Å². The minimum absolute atomic E-state index is 0.129. The van der Waals surface area contributed by atoms with E-state index < -0.39 is 4.92 Å². The van der Waals surface area contributed by atoms with E-state index in [1.807, 2.05) is 13.0 Å². The van der Waals surface area contributed by atoms with Gasteiger partial charge < -0.3 is 4.74 Å². The van der Waals surface area contributed by atoms with Crippen LogP contribution in [0, 0.1) is 10.1 Å². The zero-order valence-electron chi connectivity index (χ0n) is 15.5. The SMILES string of the molecule is CCOc1ccc(/C=N\NC(=O)Cc2cc(Cl)ccc2SCC)cc1[N+](=O)[O-]. The number of thioether (sulfide) groups is 1. The summed E-state index contributed by atoms with van der Waals surface area (Å²) in [6.07, 6.45) is 1.48. The molecule has 0 saturated carbocycles. The molecule has 9 heteroatoms. The second kappa shape index (κ2) is 10.7. The molecule has 0 atom stereocenters. The Bertz CT molecular complexity index is 889. The standard InChI is InChI=1S/C19H20ClN3O4S/c1-3-27-17-7-5-13(9-16(17)23(25)26)12-21-22-19(24)11-14-10-15(20)6-8-18(14)28-4-2/h5-10,12H,3-4,11H2,1-2H3,(H,22,24)/b21-12-. The fourth-order valence-corrected chi connectivity index (χ4v) is 3.40. The first-order valence-corrected chi connectivity index (χ1v) is 9.95. The van der Waals surface area contributed by atoms with Crippen LogP contribution in [0.25, 0.3) is 0 Å². The van der Waals surface area contributed by atoms with Gasteiger partial charge in [0.1, 0.15) is 0 Å². The first-order valence-electron chi connectivity index (χ1n) is 8.59. The fourth-order valence-electron chi connectivity index (χ4n) is 2.41. The van der Waals surface area contributed by atoms with Crippen molar-refractivity contribution < 1.29 is 14.5 Å². The van der Waals surface area contributed by atoms with Gasteiger partial charge in [-0.25, -0.2) is 5.43 Å². The fraction of sp³-hybridized carbons (Fsp3) is 0.263. The smallest absolute Gasteiger partial charge is 0.311 e. The molecule has 0 aliphatic carbocycles. The topological polar surface area (TPSA) is 93.8 Å². The van der Waals surface area contributed by atoms with Crippen LogP contribution in [0.5, 0.6) is 5.75 Å². The average molecular weight is 422 g/mol. The van der Waals surface area contributed by atoms with Crippen molar-refractivity contribution in [1.82, 2.24) is 5.43 Å². The summed E-state index contributed by atoms with van der Waals surface area (Å²) >= 11 is 7.65. The number of carbonyl (C=O) groups is 1. The van der Waals surface area contributed by atoms with Crippen molar-refractivity contribution in [2.45, 2.75) is 25.2 Å². The molecule has 0 spiro atoms. The number of nitrogens with one attached hydrogen (secondary N) is 1. The van der Waals surface area contributed by atoms with Crippen LogP contribution in [-0.2, 0) is 11.2 Å². The van der Waals surface area contributed by atoms with E-state index in [0.717, 1.165) is 16.2 Å². The first kappa shape index (κ1) is 21.7. The molecule has 0 aliphatic rings. The molecule has 0 radical (unpaired) electrons. The van der Waals surface area contributed by atoms with Crippen molar-refractivity contribution in [2.24, 2.45) is 5.10 Å².